The molecular weight excluding hydrogens is 140 g/mol. The number of nitrogens with two attached hydrogens (primary N) is 2. The van der Waals surface area contributed by atoms with E-state index in [1.54, 1.807) is 0 Å². The third-order valence-electron chi connectivity index (χ3n) is 2.75. The van der Waals surface area contributed by atoms with E-state index in [1.165, 1.54) is 12.8 Å². The number of hydrogen-bond donors (Lipinski definition) is 2. The minimum Gasteiger partial charge on any atom is -0.376 e. The fraction of sp³-hybridized carbons (Fsp3) is 1.00. The summed E-state index contributed by atoms with van der Waals surface area (Å²) in [5.74, 6) is 0.798. The van der Waals surface area contributed by atoms with Crippen molar-refractivity contribution in [3.8, 4) is 0 Å². The van der Waals surface area contributed by atoms with Gasteiger partial charge in [0, 0.05) is 6.54 Å². The van der Waals surface area contributed by atoms with Crippen LogP contribution >= 0.6 is 0 Å². The topological polar surface area (TPSA) is 61.3 Å². The predicted molar refractivity (Wildman–Crippen MR) is 43.1 cm³/mol. The molecule has 1 saturated carbocycles. The zero-order chi connectivity index (χ0) is 7.90. The Balaban J connectivity index is 1.91. The Kier molecular flexibility index (Phi) is 1.67. The maximum Gasteiger partial charge on any atom is 0.0663 e. The molecule has 2 aliphatic rings. The van der Waals surface area contributed by atoms with Crippen LogP contribution in [0.5, 0.6) is 0 Å². The highest BCUT2D eigenvalue weighted by Gasteiger charge is 2.43. The van der Waals surface area contributed by atoms with Crippen molar-refractivity contribution in [1.82, 2.24) is 0 Å². The van der Waals surface area contributed by atoms with Crippen molar-refractivity contribution in [2.24, 2.45) is 17.4 Å². The highest BCUT2D eigenvalue weighted by molar-refractivity contribution is 4.98. The van der Waals surface area contributed by atoms with E-state index in [0.29, 0.717) is 19.3 Å². The molecular formula is C8H16N2O. The van der Waals surface area contributed by atoms with E-state index in [4.69, 9.17) is 16.2 Å². The van der Waals surface area contributed by atoms with E-state index >= 15 is 0 Å². The van der Waals surface area contributed by atoms with Crippen LogP contribution in [0.1, 0.15) is 19.3 Å². The van der Waals surface area contributed by atoms with Gasteiger partial charge in [-0.15, -0.1) is 0 Å². The summed E-state index contributed by atoms with van der Waals surface area (Å²) in [5.41, 5.74) is 11.3. The molecule has 1 saturated heterocycles. The summed E-state index contributed by atoms with van der Waals surface area (Å²) in [4.78, 5) is 0. The summed E-state index contributed by atoms with van der Waals surface area (Å²) >= 11 is 0. The van der Waals surface area contributed by atoms with Crippen molar-refractivity contribution in [3.63, 3.8) is 0 Å². The first kappa shape index (κ1) is 7.53. The maximum absolute atomic E-state index is 5.96. The van der Waals surface area contributed by atoms with Crippen LogP contribution < -0.4 is 11.5 Å². The van der Waals surface area contributed by atoms with Gasteiger partial charge in [0.1, 0.15) is 0 Å². The Morgan fingerprint density at radius 2 is 2.18 bits per heavy atom. The van der Waals surface area contributed by atoms with Gasteiger partial charge in [-0.05, 0) is 25.2 Å². The van der Waals surface area contributed by atoms with Crippen molar-refractivity contribution < 1.29 is 4.74 Å². The van der Waals surface area contributed by atoms with Crippen LogP contribution in [0.25, 0.3) is 0 Å². The fourth-order valence-electron chi connectivity index (χ4n) is 1.70. The molecule has 11 heavy (non-hydrogen) atoms. The van der Waals surface area contributed by atoms with Gasteiger partial charge >= 0.3 is 0 Å². The second kappa shape index (κ2) is 2.44. The second-order valence-electron chi connectivity index (χ2n) is 3.96. The number of ether oxygens (including phenoxy) is 1. The molecule has 4 N–H and O–H groups in total. The highest BCUT2D eigenvalue weighted by Crippen LogP contribution is 2.40. The molecule has 1 heterocycles. The van der Waals surface area contributed by atoms with Crippen LogP contribution in [-0.4, -0.2) is 24.8 Å². The van der Waals surface area contributed by atoms with E-state index in [1.807, 2.05) is 0 Å². The third-order valence-corrected chi connectivity index (χ3v) is 2.75. The molecule has 1 aliphatic heterocycles. The van der Waals surface area contributed by atoms with Gasteiger partial charge in [0.25, 0.3) is 0 Å². The van der Waals surface area contributed by atoms with Gasteiger partial charge in [-0.1, -0.05) is 0 Å². The summed E-state index contributed by atoms with van der Waals surface area (Å²) in [6.07, 6.45) is 4.04. The summed E-state index contributed by atoms with van der Waals surface area (Å²) in [6, 6.07) is 0. The van der Waals surface area contributed by atoms with Crippen molar-refractivity contribution >= 4 is 0 Å². The van der Waals surface area contributed by atoms with Crippen LogP contribution in [0, 0.1) is 5.92 Å². The molecule has 0 spiro atoms. The highest BCUT2D eigenvalue weighted by atomic mass is 16.5. The quantitative estimate of drug-likeness (QED) is 0.584. The molecule has 0 aromatic heterocycles. The fourth-order valence-corrected chi connectivity index (χ4v) is 1.70. The monoisotopic (exact) mass is 156 g/mol. The lowest BCUT2D eigenvalue weighted by Gasteiger charge is -2.18. The first-order valence-electron chi connectivity index (χ1n) is 4.34. The molecule has 64 valence electrons. The van der Waals surface area contributed by atoms with Crippen LogP contribution in [-0.2, 0) is 4.74 Å². The molecule has 0 aromatic carbocycles. The lowest BCUT2D eigenvalue weighted by atomic mass is 9.96. The normalized spacial score (nSPS) is 44.7. The van der Waals surface area contributed by atoms with Crippen LogP contribution in [0.4, 0.5) is 0 Å². The minimum absolute atomic E-state index is 0.215. The SMILES string of the molecule is NCC1(N)COC(C2CC2)C1. The Hall–Kier alpha value is -0.120. The zero-order valence-corrected chi connectivity index (χ0v) is 6.75. The Morgan fingerprint density at radius 3 is 2.64 bits per heavy atom. The molecule has 0 amide bonds. The molecule has 2 atom stereocenters. The number of rotatable bonds is 2. The zero-order valence-electron chi connectivity index (χ0n) is 6.75. The van der Waals surface area contributed by atoms with Gasteiger partial charge in [-0.25, -0.2) is 0 Å². The molecule has 0 radical (unpaired) electrons. The predicted octanol–water partition coefficient (Wildman–Crippen LogP) is -0.159. The van der Waals surface area contributed by atoms with E-state index in [-0.39, 0.29) is 5.54 Å². The average Bonchev–Trinajstić information content (AvgIpc) is 2.77. The number of hydrogen-bond acceptors (Lipinski definition) is 3. The van der Waals surface area contributed by atoms with Gasteiger partial charge in [-0.2, -0.15) is 0 Å². The molecule has 3 heteroatoms. The molecule has 2 fully saturated rings. The molecule has 2 rings (SSSR count). The second-order valence-corrected chi connectivity index (χ2v) is 3.96. The van der Waals surface area contributed by atoms with Crippen molar-refractivity contribution in [2.75, 3.05) is 13.2 Å². The molecule has 3 nitrogen and oxygen atoms in total. The largest absolute Gasteiger partial charge is 0.376 e. The van der Waals surface area contributed by atoms with E-state index < -0.39 is 0 Å². The molecule has 2 unspecified atom stereocenters. The first-order chi connectivity index (χ1) is 5.23. The lowest BCUT2D eigenvalue weighted by molar-refractivity contribution is 0.0891. The Bertz CT molecular complexity index is 158. The maximum atomic E-state index is 5.96. The van der Waals surface area contributed by atoms with Gasteiger partial charge < -0.3 is 16.2 Å². The first-order valence-corrected chi connectivity index (χ1v) is 4.34. The van der Waals surface area contributed by atoms with Gasteiger partial charge in [-0.3, -0.25) is 0 Å². The summed E-state index contributed by atoms with van der Waals surface area (Å²) in [6.45, 7) is 1.21. The lowest BCUT2D eigenvalue weighted by Crippen LogP contribution is -2.47. The summed E-state index contributed by atoms with van der Waals surface area (Å²) in [5, 5.41) is 0. The van der Waals surface area contributed by atoms with Gasteiger partial charge in [0.05, 0.1) is 18.2 Å². The Morgan fingerprint density at radius 1 is 1.45 bits per heavy atom. The minimum atomic E-state index is -0.215. The summed E-state index contributed by atoms with van der Waals surface area (Å²) in [7, 11) is 0. The standard InChI is InChI=1S/C8H16N2O/c9-4-8(10)3-7(11-5-8)6-1-2-6/h6-7H,1-5,9-10H2. The summed E-state index contributed by atoms with van der Waals surface area (Å²) < 4.78 is 5.58. The molecule has 0 aromatic rings. The van der Waals surface area contributed by atoms with Crippen LogP contribution in [0.3, 0.4) is 0 Å². The van der Waals surface area contributed by atoms with Crippen molar-refractivity contribution in [2.45, 2.75) is 30.9 Å². The van der Waals surface area contributed by atoms with E-state index in [2.05, 4.69) is 0 Å². The van der Waals surface area contributed by atoms with Gasteiger partial charge in [0.2, 0.25) is 0 Å². The van der Waals surface area contributed by atoms with Crippen LogP contribution in [0.2, 0.25) is 0 Å². The van der Waals surface area contributed by atoms with E-state index in [0.717, 1.165) is 12.3 Å². The van der Waals surface area contributed by atoms with Gasteiger partial charge in [0.15, 0.2) is 0 Å². The van der Waals surface area contributed by atoms with E-state index in [9.17, 15) is 0 Å². The average molecular weight is 156 g/mol. The third kappa shape index (κ3) is 1.41. The van der Waals surface area contributed by atoms with Crippen LogP contribution in [0.15, 0.2) is 0 Å². The van der Waals surface area contributed by atoms with Crippen molar-refractivity contribution in [3.05, 3.63) is 0 Å². The molecule has 1 aliphatic carbocycles. The molecule has 0 bridgehead atoms. The van der Waals surface area contributed by atoms with Crippen molar-refractivity contribution in [1.29, 1.82) is 0 Å². The smallest absolute Gasteiger partial charge is 0.0663 e. The Labute approximate surface area is 67.1 Å².